The number of β-amino-alcohol motifs (C(OH)–C–C–N with tert-alkyl or cyclic N) is 1. The third-order valence-electron chi connectivity index (χ3n) is 4.35. The third kappa shape index (κ3) is 4.00. The molecular weight excluding hydrogens is 338 g/mol. The molecule has 3 N–H and O–H groups in total. The molecule has 6 nitrogen and oxygen atoms in total. The number of aryl methyl sites for hydroxylation is 1. The second-order valence-corrected chi connectivity index (χ2v) is 7.31. The molecule has 3 rings (SSSR count). The molecule has 1 aromatic carbocycles. The van der Waals surface area contributed by atoms with Crippen molar-refractivity contribution >= 4 is 17.2 Å². The molecular formula is C18H23N3O3S. The van der Waals surface area contributed by atoms with Gasteiger partial charge in [-0.1, -0.05) is 0 Å². The van der Waals surface area contributed by atoms with E-state index in [-0.39, 0.29) is 18.0 Å². The number of rotatable bonds is 5. The van der Waals surface area contributed by atoms with Crippen LogP contribution >= 0.6 is 11.3 Å². The lowest BCUT2D eigenvalue weighted by Crippen LogP contribution is -2.41. The zero-order valence-electron chi connectivity index (χ0n) is 14.6. The quantitative estimate of drug-likeness (QED) is 0.759. The summed E-state index contributed by atoms with van der Waals surface area (Å²) in [6.45, 7) is 4.38. The SMILES string of the molecule is COc1ccc(-c2nc(C)c([C@H](C)NC(=O)[C@H]3C[C@H](O)CN3)s2)cc1. The van der Waals surface area contributed by atoms with E-state index in [4.69, 9.17) is 4.74 Å². The highest BCUT2D eigenvalue weighted by atomic mass is 32.1. The molecule has 1 fully saturated rings. The van der Waals surface area contributed by atoms with Crippen LogP contribution in [0.4, 0.5) is 0 Å². The van der Waals surface area contributed by atoms with E-state index in [1.54, 1.807) is 18.4 Å². The minimum Gasteiger partial charge on any atom is -0.497 e. The summed E-state index contributed by atoms with van der Waals surface area (Å²) in [6, 6.07) is 7.33. The van der Waals surface area contributed by atoms with E-state index in [0.29, 0.717) is 13.0 Å². The van der Waals surface area contributed by atoms with Crippen LogP contribution in [0.15, 0.2) is 24.3 Å². The molecule has 0 saturated carbocycles. The molecule has 25 heavy (non-hydrogen) atoms. The highest BCUT2D eigenvalue weighted by molar-refractivity contribution is 7.15. The Morgan fingerprint density at radius 1 is 1.44 bits per heavy atom. The fourth-order valence-corrected chi connectivity index (χ4v) is 4.04. The zero-order chi connectivity index (χ0) is 18.0. The number of aliphatic hydroxyl groups excluding tert-OH is 1. The molecule has 0 bridgehead atoms. The van der Waals surface area contributed by atoms with Crippen LogP contribution in [0.5, 0.6) is 5.75 Å². The maximum atomic E-state index is 12.3. The van der Waals surface area contributed by atoms with Crippen molar-refractivity contribution in [1.29, 1.82) is 0 Å². The molecule has 134 valence electrons. The fraction of sp³-hybridized carbons (Fsp3) is 0.444. The molecule has 1 aliphatic rings. The second kappa shape index (κ2) is 7.51. The lowest BCUT2D eigenvalue weighted by Gasteiger charge is -2.16. The third-order valence-corrected chi connectivity index (χ3v) is 5.73. The highest BCUT2D eigenvalue weighted by Crippen LogP contribution is 2.32. The van der Waals surface area contributed by atoms with Crippen LogP contribution in [0.3, 0.4) is 0 Å². The van der Waals surface area contributed by atoms with Crippen LogP contribution in [-0.4, -0.2) is 41.8 Å². The van der Waals surface area contributed by atoms with Crippen molar-refractivity contribution in [3.63, 3.8) is 0 Å². The summed E-state index contributed by atoms with van der Waals surface area (Å²) in [7, 11) is 1.64. The number of hydrogen-bond acceptors (Lipinski definition) is 6. The van der Waals surface area contributed by atoms with E-state index >= 15 is 0 Å². The molecule has 1 saturated heterocycles. The predicted octanol–water partition coefficient (Wildman–Crippen LogP) is 2.03. The number of thiazole rings is 1. The van der Waals surface area contributed by atoms with Crippen LogP contribution in [-0.2, 0) is 4.79 Å². The van der Waals surface area contributed by atoms with Crippen molar-refractivity contribution in [3.05, 3.63) is 34.8 Å². The van der Waals surface area contributed by atoms with Crippen LogP contribution < -0.4 is 15.4 Å². The van der Waals surface area contributed by atoms with Gasteiger partial charge in [-0.15, -0.1) is 11.3 Å². The van der Waals surface area contributed by atoms with Crippen molar-refractivity contribution < 1.29 is 14.6 Å². The number of hydrogen-bond donors (Lipinski definition) is 3. The van der Waals surface area contributed by atoms with Gasteiger partial charge in [-0.2, -0.15) is 0 Å². The van der Waals surface area contributed by atoms with Gasteiger partial charge in [-0.25, -0.2) is 4.98 Å². The van der Waals surface area contributed by atoms with Crippen LogP contribution in [0, 0.1) is 6.92 Å². The van der Waals surface area contributed by atoms with Gasteiger partial charge in [0.05, 0.1) is 35.9 Å². The first-order valence-electron chi connectivity index (χ1n) is 8.31. The Morgan fingerprint density at radius 3 is 2.76 bits per heavy atom. The van der Waals surface area contributed by atoms with Gasteiger partial charge in [0, 0.05) is 12.1 Å². The first kappa shape index (κ1) is 17.8. The summed E-state index contributed by atoms with van der Waals surface area (Å²) in [4.78, 5) is 18.0. The number of nitrogens with one attached hydrogen (secondary N) is 2. The number of ether oxygens (including phenoxy) is 1. The van der Waals surface area contributed by atoms with Gasteiger partial charge in [0.1, 0.15) is 10.8 Å². The van der Waals surface area contributed by atoms with Gasteiger partial charge in [-0.05, 0) is 44.5 Å². The van der Waals surface area contributed by atoms with E-state index in [1.807, 2.05) is 38.1 Å². The Balaban J connectivity index is 1.71. The predicted molar refractivity (Wildman–Crippen MR) is 97.8 cm³/mol. The van der Waals surface area contributed by atoms with Gasteiger partial charge >= 0.3 is 0 Å². The Labute approximate surface area is 151 Å². The molecule has 0 unspecified atom stereocenters. The smallest absolute Gasteiger partial charge is 0.237 e. The van der Waals surface area contributed by atoms with Crippen molar-refractivity contribution in [2.75, 3.05) is 13.7 Å². The molecule has 7 heteroatoms. The van der Waals surface area contributed by atoms with Crippen molar-refractivity contribution in [2.45, 2.75) is 38.5 Å². The van der Waals surface area contributed by atoms with Gasteiger partial charge in [0.25, 0.3) is 0 Å². The normalized spacial score (nSPS) is 21.1. The van der Waals surface area contributed by atoms with Crippen molar-refractivity contribution in [3.8, 4) is 16.3 Å². The Morgan fingerprint density at radius 2 is 2.16 bits per heavy atom. The van der Waals surface area contributed by atoms with Crippen LogP contribution in [0.2, 0.25) is 0 Å². The molecule has 0 aliphatic carbocycles. The summed E-state index contributed by atoms with van der Waals surface area (Å²) >= 11 is 1.58. The molecule has 2 heterocycles. The summed E-state index contributed by atoms with van der Waals surface area (Å²) in [5.74, 6) is 0.729. The lowest BCUT2D eigenvalue weighted by atomic mass is 10.1. The number of carbonyl (C=O) groups excluding carboxylic acids is 1. The van der Waals surface area contributed by atoms with E-state index < -0.39 is 6.10 Å². The largest absolute Gasteiger partial charge is 0.497 e. The monoisotopic (exact) mass is 361 g/mol. The Hall–Kier alpha value is -1.96. The number of carbonyl (C=O) groups is 1. The van der Waals surface area contributed by atoms with Crippen molar-refractivity contribution in [1.82, 2.24) is 15.6 Å². The minimum absolute atomic E-state index is 0.0807. The Bertz CT molecular complexity index is 745. The van der Waals surface area contributed by atoms with Gasteiger partial charge in [0.2, 0.25) is 5.91 Å². The van der Waals surface area contributed by atoms with E-state index in [9.17, 15) is 9.90 Å². The maximum absolute atomic E-state index is 12.3. The minimum atomic E-state index is -0.446. The number of methoxy groups -OCH3 is 1. The average Bonchev–Trinajstić information content (AvgIpc) is 3.21. The highest BCUT2D eigenvalue weighted by Gasteiger charge is 2.29. The summed E-state index contributed by atoms with van der Waals surface area (Å²) in [5.41, 5.74) is 1.95. The topological polar surface area (TPSA) is 83.5 Å². The molecule has 1 aromatic heterocycles. The molecule has 1 amide bonds. The fourth-order valence-electron chi connectivity index (χ4n) is 2.96. The first-order valence-corrected chi connectivity index (χ1v) is 9.13. The molecule has 3 atom stereocenters. The first-order chi connectivity index (χ1) is 12.0. The molecule has 0 spiro atoms. The van der Waals surface area contributed by atoms with Gasteiger partial charge in [-0.3, -0.25) is 4.79 Å². The number of aliphatic hydroxyl groups is 1. The number of benzene rings is 1. The summed E-state index contributed by atoms with van der Waals surface area (Å²) < 4.78 is 5.18. The van der Waals surface area contributed by atoms with E-state index in [1.165, 1.54) is 0 Å². The lowest BCUT2D eigenvalue weighted by molar-refractivity contribution is -0.123. The average molecular weight is 361 g/mol. The zero-order valence-corrected chi connectivity index (χ0v) is 15.4. The van der Waals surface area contributed by atoms with Crippen LogP contribution in [0.1, 0.15) is 30.0 Å². The number of nitrogens with zero attached hydrogens (tertiary/aromatic N) is 1. The number of amides is 1. The second-order valence-electron chi connectivity index (χ2n) is 6.28. The van der Waals surface area contributed by atoms with Crippen molar-refractivity contribution in [2.24, 2.45) is 0 Å². The van der Waals surface area contributed by atoms with Gasteiger partial charge < -0.3 is 20.5 Å². The molecule has 1 aliphatic heterocycles. The molecule has 0 radical (unpaired) electrons. The maximum Gasteiger partial charge on any atom is 0.237 e. The van der Waals surface area contributed by atoms with E-state index in [0.717, 1.165) is 26.9 Å². The standard InChI is InChI=1S/C18H23N3O3S/c1-10(20-17(23)15-8-13(22)9-19-15)16-11(2)21-18(25-16)12-4-6-14(24-3)7-5-12/h4-7,10,13,15,19,22H,8-9H2,1-3H3,(H,20,23)/t10-,13-,15+/m0/s1. The van der Waals surface area contributed by atoms with Crippen LogP contribution in [0.25, 0.3) is 10.6 Å². The van der Waals surface area contributed by atoms with Gasteiger partial charge in [0.15, 0.2) is 0 Å². The summed E-state index contributed by atoms with van der Waals surface area (Å²) in [5, 5.41) is 16.5. The van der Waals surface area contributed by atoms with E-state index in [2.05, 4.69) is 15.6 Å². The molecule has 2 aromatic rings. The summed E-state index contributed by atoms with van der Waals surface area (Å²) in [6.07, 6.45) is 0.00926. The Kier molecular flexibility index (Phi) is 5.36. The number of aromatic nitrogens is 1.